The lowest BCUT2D eigenvalue weighted by Crippen LogP contribution is -1.97. The third-order valence-electron chi connectivity index (χ3n) is 2.29. The summed E-state index contributed by atoms with van der Waals surface area (Å²) in [5, 5.41) is 8.54. The molecule has 2 aromatic heterocycles. The maximum atomic E-state index is 5.83. The van der Waals surface area contributed by atoms with Crippen LogP contribution in [-0.4, -0.2) is 20.2 Å². The van der Waals surface area contributed by atoms with Gasteiger partial charge >= 0.3 is 0 Å². The summed E-state index contributed by atoms with van der Waals surface area (Å²) in [6, 6.07) is 11.5. The van der Waals surface area contributed by atoms with Crippen molar-refractivity contribution in [2.24, 2.45) is 0 Å². The predicted molar refractivity (Wildman–Crippen MR) is 75.9 cm³/mol. The Balaban J connectivity index is 1.97. The molecule has 0 fully saturated rings. The van der Waals surface area contributed by atoms with Crippen molar-refractivity contribution >= 4 is 28.9 Å². The highest BCUT2D eigenvalue weighted by molar-refractivity contribution is 8.00. The molecule has 0 spiro atoms. The summed E-state index contributed by atoms with van der Waals surface area (Å²) >= 11 is 2.90. The molecule has 0 saturated carbocycles. The van der Waals surface area contributed by atoms with E-state index < -0.39 is 0 Å². The minimum absolute atomic E-state index is 0.445. The highest BCUT2D eigenvalue weighted by Gasteiger charge is 2.08. The Labute approximate surface area is 117 Å². The summed E-state index contributed by atoms with van der Waals surface area (Å²) in [5.41, 5.74) is 8.45. The molecule has 2 heterocycles. The van der Waals surface area contributed by atoms with Gasteiger partial charge in [0.05, 0.1) is 0 Å². The van der Waals surface area contributed by atoms with E-state index in [1.807, 2.05) is 30.3 Å². The number of nitrogens with zero attached hydrogens (tertiary/aromatic N) is 4. The first-order chi connectivity index (χ1) is 9.31. The third kappa shape index (κ3) is 2.88. The van der Waals surface area contributed by atoms with Gasteiger partial charge < -0.3 is 5.73 Å². The molecular formula is C12H9N5S2. The number of nitrogens with two attached hydrogens (primary N) is 1. The van der Waals surface area contributed by atoms with E-state index in [2.05, 4.69) is 20.2 Å². The van der Waals surface area contributed by atoms with Gasteiger partial charge in [0.2, 0.25) is 0 Å². The van der Waals surface area contributed by atoms with E-state index in [4.69, 9.17) is 5.73 Å². The molecule has 7 heteroatoms. The Hall–Kier alpha value is -1.99. The molecule has 0 aliphatic carbocycles. The highest BCUT2D eigenvalue weighted by atomic mass is 32.2. The van der Waals surface area contributed by atoms with Crippen molar-refractivity contribution in [1.82, 2.24) is 20.2 Å². The normalized spacial score (nSPS) is 10.5. The van der Waals surface area contributed by atoms with Gasteiger partial charge in [0, 0.05) is 11.6 Å². The molecular weight excluding hydrogens is 278 g/mol. The molecule has 0 aliphatic heterocycles. The first kappa shape index (κ1) is 12.1. The molecule has 0 bridgehead atoms. The SMILES string of the molecule is Nc1cc(Sc2nncs2)nc(-c2ccccc2)n1. The zero-order valence-corrected chi connectivity index (χ0v) is 11.4. The van der Waals surface area contributed by atoms with Crippen molar-refractivity contribution in [2.45, 2.75) is 9.37 Å². The standard InChI is InChI=1S/C12H9N5S2/c13-9-6-10(19-12-17-14-7-18-12)16-11(15-9)8-4-2-1-3-5-8/h1-7H,(H2,13,15,16). The van der Waals surface area contributed by atoms with Gasteiger partial charge in [0.15, 0.2) is 10.2 Å². The fraction of sp³-hybridized carbons (Fsp3) is 0. The van der Waals surface area contributed by atoms with Crippen LogP contribution in [0.15, 0.2) is 51.3 Å². The van der Waals surface area contributed by atoms with E-state index in [1.54, 1.807) is 11.6 Å². The smallest absolute Gasteiger partial charge is 0.180 e. The second kappa shape index (κ2) is 5.33. The predicted octanol–water partition coefficient (Wildman–Crippen LogP) is 2.73. The first-order valence-electron chi connectivity index (χ1n) is 5.45. The maximum absolute atomic E-state index is 5.83. The Bertz CT molecular complexity index is 670. The molecule has 1 aromatic carbocycles. The lowest BCUT2D eigenvalue weighted by atomic mass is 10.2. The summed E-state index contributed by atoms with van der Waals surface area (Å²) in [6.07, 6.45) is 0. The number of rotatable bonds is 3. The average Bonchev–Trinajstić information content (AvgIpc) is 2.92. The van der Waals surface area contributed by atoms with Gasteiger partial charge in [-0.1, -0.05) is 41.7 Å². The van der Waals surface area contributed by atoms with Crippen molar-refractivity contribution in [1.29, 1.82) is 0 Å². The van der Waals surface area contributed by atoms with Crippen molar-refractivity contribution in [3.63, 3.8) is 0 Å². The molecule has 0 amide bonds. The van der Waals surface area contributed by atoms with E-state index in [0.717, 1.165) is 14.9 Å². The first-order valence-corrected chi connectivity index (χ1v) is 7.15. The number of hydrogen-bond acceptors (Lipinski definition) is 7. The number of benzene rings is 1. The van der Waals surface area contributed by atoms with Crippen LogP contribution in [0.4, 0.5) is 5.82 Å². The third-order valence-corrected chi connectivity index (χ3v) is 3.98. The van der Waals surface area contributed by atoms with E-state index in [-0.39, 0.29) is 0 Å². The monoisotopic (exact) mass is 287 g/mol. The van der Waals surface area contributed by atoms with Crippen LogP contribution in [0.3, 0.4) is 0 Å². The molecule has 94 valence electrons. The molecule has 3 aromatic rings. The van der Waals surface area contributed by atoms with Gasteiger partial charge in [-0.15, -0.1) is 10.2 Å². The van der Waals surface area contributed by atoms with Crippen LogP contribution < -0.4 is 5.73 Å². The van der Waals surface area contributed by atoms with E-state index >= 15 is 0 Å². The quantitative estimate of drug-likeness (QED) is 0.746. The van der Waals surface area contributed by atoms with Crippen molar-refractivity contribution in [3.8, 4) is 11.4 Å². The second-order valence-corrected chi connectivity index (χ2v) is 5.73. The van der Waals surface area contributed by atoms with Crippen LogP contribution in [-0.2, 0) is 0 Å². The van der Waals surface area contributed by atoms with Gasteiger partial charge in [0.25, 0.3) is 0 Å². The fourth-order valence-electron chi connectivity index (χ4n) is 1.51. The Morgan fingerprint density at radius 3 is 2.68 bits per heavy atom. The fourth-order valence-corrected chi connectivity index (χ4v) is 2.94. The Kier molecular flexibility index (Phi) is 3.39. The summed E-state index contributed by atoms with van der Waals surface area (Å²) in [6.45, 7) is 0. The maximum Gasteiger partial charge on any atom is 0.180 e. The van der Waals surface area contributed by atoms with Crippen LogP contribution in [0, 0.1) is 0 Å². The highest BCUT2D eigenvalue weighted by Crippen LogP contribution is 2.29. The molecule has 0 aliphatic rings. The van der Waals surface area contributed by atoms with E-state index in [1.165, 1.54) is 23.1 Å². The van der Waals surface area contributed by atoms with Crippen molar-refractivity contribution < 1.29 is 0 Å². The number of anilines is 1. The zero-order valence-electron chi connectivity index (χ0n) is 9.72. The van der Waals surface area contributed by atoms with Gasteiger partial charge in [-0.05, 0) is 11.8 Å². The Morgan fingerprint density at radius 2 is 1.95 bits per heavy atom. The van der Waals surface area contributed by atoms with Crippen molar-refractivity contribution in [3.05, 3.63) is 41.9 Å². The minimum Gasteiger partial charge on any atom is -0.384 e. The molecule has 0 saturated heterocycles. The van der Waals surface area contributed by atoms with Gasteiger partial charge in [0.1, 0.15) is 16.4 Å². The van der Waals surface area contributed by atoms with Crippen LogP contribution in [0.5, 0.6) is 0 Å². The zero-order chi connectivity index (χ0) is 13.1. The van der Waals surface area contributed by atoms with Gasteiger partial charge in [-0.25, -0.2) is 9.97 Å². The van der Waals surface area contributed by atoms with Gasteiger partial charge in [-0.2, -0.15) is 0 Å². The van der Waals surface area contributed by atoms with E-state index in [9.17, 15) is 0 Å². The molecule has 3 rings (SSSR count). The van der Waals surface area contributed by atoms with Crippen molar-refractivity contribution in [2.75, 3.05) is 5.73 Å². The average molecular weight is 287 g/mol. The number of nitrogen functional groups attached to an aromatic ring is 1. The van der Waals surface area contributed by atoms with Crippen LogP contribution >= 0.6 is 23.1 Å². The lowest BCUT2D eigenvalue weighted by molar-refractivity contribution is 1.00. The summed E-state index contributed by atoms with van der Waals surface area (Å²) < 4.78 is 0.831. The summed E-state index contributed by atoms with van der Waals surface area (Å²) in [5.74, 6) is 1.06. The second-order valence-electron chi connectivity index (χ2n) is 3.63. The molecule has 0 atom stereocenters. The molecule has 2 N–H and O–H groups in total. The molecule has 0 unspecified atom stereocenters. The van der Waals surface area contributed by atoms with Crippen LogP contribution in [0.25, 0.3) is 11.4 Å². The lowest BCUT2D eigenvalue weighted by Gasteiger charge is -2.04. The molecule has 5 nitrogen and oxygen atoms in total. The Morgan fingerprint density at radius 1 is 1.11 bits per heavy atom. The molecule has 0 radical (unpaired) electrons. The topological polar surface area (TPSA) is 77.6 Å². The van der Waals surface area contributed by atoms with Crippen LogP contribution in [0.2, 0.25) is 0 Å². The van der Waals surface area contributed by atoms with E-state index in [0.29, 0.717) is 11.6 Å². The molecule has 19 heavy (non-hydrogen) atoms. The number of aromatic nitrogens is 4. The minimum atomic E-state index is 0.445. The van der Waals surface area contributed by atoms with Crippen LogP contribution in [0.1, 0.15) is 0 Å². The largest absolute Gasteiger partial charge is 0.384 e. The van der Waals surface area contributed by atoms with Gasteiger partial charge in [-0.3, -0.25) is 0 Å². The summed E-state index contributed by atoms with van der Waals surface area (Å²) in [4.78, 5) is 8.74. The number of hydrogen-bond donors (Lipinski definition) is 1. The summed E-state index contributed by atoms with van der Waals surface area (Å²) in [7, 11) is 0.